The fraction of sp³-hybridized carbons (Fsp3) is 0.167. The van der Waals surface area contributed by atoms with E-state index in [1.165, 1.54) is 35.9 Å². The van der Waals surface area contributed by atoms with Gasteiger partial charge in [0.25, 0.3) is 5.56 Å². The number of methoxy groups -OCH3 is 1. The van der Waals surface area contributed by atoms with Gasteiger partial charge in [0.2, 0.25) is 5.91 Å². The van der Waals surface area contributed by atoms with Crippen LogP contribution in [0.4, 0.5) is 5.69 Å². The smallest absolute Gasteiger partial charge is 0.269 e. The molecule has 140 valence electrons. The van der Waals surface area contributed by atoms with Crippen LogP contribution in [0.3, 0.4) is 0 Å². The molecular formula is C18H17N3O5S. The second-order valence-electron chi connectivity index (χ2n) is 5.88. The number of anilines is 1. The Hall–Kier alpha value is -3.20. The number of sulfone groups is 1. The molecule has 0 atom stereocenters. The van der Waals surface area contributed by atoms with Crippen LogP contribution in [0.5, 0.6) is 5.75 Å². The molecule has 27 heavy (non-hydrogen) atoms. The molecule has 0 spiro atoms. The predicted octanol–water partition coefficient (Wildman–Crippen LogP) is 1.45. The molecule has 0 radical (unpaired) electrons. The summed E-state index contributed by atoms with van der Waals surface area (Å²) in [5, 5.41) is 2.64. The molecule has 0 aliphatic heterocycles. The van der Waals surface area contributed by atoms with E-state index in [0.29, 0.717) is 22.5 Å². The van der Waals surface area contributed by atoms with Gasteiger partial charge in [-0.2, -0.15) is 0 Å². The first-order valence-corrected chi connectivity index (χ1v) is 9.80. The first kappa shape index (κ1) is 18.6. The minimum absolute atomic E-state index is 0.156. The lowest BCUT2D eigenvalue weighted by atomic mass is 10.2. The summed E-state index contributed by atoms with van der Waals surface area (Å²) >= 11 is 0. The third-order valence-corrected chi connectivity index (χ3v) is 5.05. The van der Waals surface area contributed by atoms with Crippen molar-refractivity contribution in [2.75, 3.05) is 18.7 Å². The minimum Gasteiger partial charge on any atom is -0.497 e. The van der Waals surface area contributed by atoms with E-state index in [0.717, 1.165) is 12.5 Å². The van der Waals surface area contributed by atoms with Gasteiger partial charge < -0.3 is 10.1 Å². The molecule has 1 amide bonds. The van der Waals surface area contributed by atoms with Gasteiger partial charge in [-0.1, -0.05) is 0 Å². The van der Waals surface area contributed by atoms with Crippen LogP contribution in [-0.4, -0.2) is 37.2 Å². The molecule has 2 aromatic carbocycles. The quantitative estimate of drug-likeness (QED) is 0.710. The molecule has 0 fully saturated rings. The van der Waals surface area contributed by atoms with E-state index in [-0.39, 0.29) is 11.4 Å². The van der Waals surface area contributed by atoms with Crippen molar-refractivity contribution in [1.29, 1.82) is 0 Å². The van der Waals surface area contributed by atoms with Gasteiger partial charge in [0, 0.05) is 18.0 Å². The molecule has 0 saturated carbocycles. The molecule has 1 N–H and O–H groups in total. The summed E-state index contributed by atoms with van der Waals surface area (Å²) in [5.74, 6) is 0.111. The van der Waals surface area contributed by atoms with Crippen LogP contribution in [0.1, 0.15) is 0 Å². The first-order chi connectivity index (χ1) is 12.8. The summed E-state index contributed by atoms with van der Waals surface area (Å²) in [7, 11) is -1.80. The maximum absolute atomic E-state index is 12.4. The Kier molecular flexibility index (Phi) is 4.95. The Bertz CT molecular complexity index is 1170. The zero-order valence-corrected chi connectivity index (χ0v) is 15.5. The molecule has 8 nitrogen and oxygen atoms in total. The number of nitrogens with zero attached hydrogens (tertiary/aromatic N) is 2. The number of fused-ring (bicyclic) bond motifs is 1. The van der Waals surface area contributed by atoms with Gasteiger partial charge in [-0.25, -0.2) is 13.4 Å². The minimum atomic E-state index is -3.31. The van der Waals surface area contributed by atoms with Gasteiger partial charge in [-0.3, -0.25) is 14.2 Å². The van der Waals surface area contributed by atoms with Gasteiger partial charge in [0.15, 0.2) is 9.84 Å². The Morgan fingerprint density at radius 1 is 1.19 bits per heavy atom. The average molecular weight is 387 g/mol. The molecule has 1 aromatic heterocycles. The zero-order chi connectivity index (χ0) is 19.6. The number of carbonyl (C=O) groups excluding carboxylic acids is 1. The Balaban J connectivity index is 1.86. The summed E-state index contributed by atoms with van der Waals surface area (Å²) in [5.41, 5.74) is 1.04. The number of carbonyl (C=O) groups is 1. The summed E-state index contributed by atoms with van der Waals surface area (Å²) in [4.78, 5) is 28.8. The van der Waals surface area contributed by atoms with Gasteiger partial charge in [0.05, 0.1) is 29.2 Å². The summed E-state index contributed by atoms with van der Waals surface area (Å²) < 4.78 is 29.4. The highest BCUT2D eigenvalue weighted by Gasteiger charge is 2.11. The summed E-state index contributed by atoms with van der Waals surface area (Å²) in [6.45, 7) is -0.223. The predicted molar refractivity (Wildman–Crippen MR) is 101 cm³/mol. The number of aromatic nitrogens is 2. The Labute approximate surface area is 155 Å². The SMILES string of the molecule is COc1ccc2ncc(=O)n(CC(=O)Nc3ccc(S(C)(=O)=O)cc3)c2c1. The lowest BCUT2D eigenvalue weighted by molar-refractivity contribution is -0.116. The third kappa shape index (κ3) is 4.14. The molecule has 0 aliphatic carbocycles. The molecule has 3 aromatic rings. The van der Waals surface area contributed by atoms with Crippen molar-refractivity contribution in [2.24, 2.45) is 0 Å². The monoisotopic (exact) mass is 387 g/mol. The topological polar surface area (TPSA) is 107 Å². The van der Waals surface area contributed by atoms with Crippen LogP contribution in [0, 0.1) is 0 Å². The van der Waals surface area contributed by atoms with E-state index in [1.807, 2.05) is 0 Å². The van der Waals surface area contributed by atoms with Crippen LogP contribution in [0.25, 0.3) is 11.0 Å². The molecular weight excluding hydrogens is 370 g/mol. The molecule has 3 rings (SSSR count). The molecule has 0 unspecified atom stereocenters. The standard InChI is InChI=1S/C18H17N3O5S/c1-26-13-5-8-15-16(9-13)21(18(23)10-19-15)11-17(22)20-12-3-6-14(7-4-12)27(2,24)25/h3-10H,11H2,1-2H3,(H,20,22). The van der Waals surface area contributed by atoms with Crippen LogP contribution in [0.2, 0.25) is 0 Å². The summed E-state index contributed by atoms with van der Waals surface area (Å²) in [6, 6.07) is 10.8. The Morgan fingerprint density at radius 3 is 2.52 bits per heavy atom. The van der Waals surface area contributed by atoms with E-state index < -0.39 is 21.3 Å². The van der Waals surface area contributed by atoms with Gasteiger partial charge >= 0.3 is 0 Å². The number of benzene rings is 2. The normalized spacial score (nSPS) is 11.3. The first-order valence-electron chi connectivity index (χ1n) is 7.91. The van der Waals surface area contributed by atoms with Gasteiger partial charge in [-0.05, 0) is 36.4 Å². The third-order valence-electron chi connectivity index (χ3n) is 3.92. The molecule has 0 bridgehead atoms. The maximum atomic E-state index is 12.4. The largest absolute Gasteiger partial charge is 0.497 e. The number of ether oxygens (including phenoxy) is 1. The zero-order valence-electron chi connectivity index (χ0n) is 14.7. The fourth-order valence-electron chi connectivity index (χ4n) is 2.56. The van der Waals surface area contributed by atoms with Crippen LogP contribution < -0.4 is 15.6 Å². The van der Waals surface area contributed by atoms with Crippen molar-refractivity contribution < 1.29 is 17.9 Å². The van der Waals surface area contributed by atoms with Gasteiger partial charge in [-0.15, -0.1) is 0 Å². The van der Waals surface area contributed by atoms with Crippen LogP contribution in [0.15, 0.2) is 58.4 Å². The number of hydrogen-bond acceptors (Lipinski definition) is 6. The maximum Gasteiger partial charge on any atom is 0.269 e. The molecule has 0 saturated heterocycles. The van der Waals surface area contributed by atoms with Crippen molar-refractivity contribution in [3.05, 3.63) is 59.0 Å². The van der Waals surface area contributed by atoms with E-state index in [1.54, 1.807) is 18.2 Å². The number of rotatable bonds is 5. The van der Waals surface area contributed by atoms with E-state index in [9.17, 15) is 18.0 Å². The second-order valence-corrected chi connectivity index (χ2v) is 7.90. The fourth-order valence-corrected chi connectivity index (χ4v) is 3.19. The number of amides is 1. The highest BCUT2D eigenvalue weighted by molar-refractivity contribution is 7.90. The summed E-state index contributed by atoms with van der Waals surface area (Å²) in [6.07, 6.45) is 2.26. The van der Waals surface area contributed by atoms with Crippen molar-refractivity contribution in [3.63, 3.8) is 0 Å². The number of nitrogens with one attached hydrogen (secondary N) is 1. The van der Waals surface area contributed by atoms with Crippen LogP contribution >= 0.6 is 0 Å². The van der Waals surface area contributed by atoms with Crippen molar-refractivity contribution in [1.82, 2.24) is 9.55 Å². The molecule has 1 heterocycles. The van der Waals surface area contributed by atoms with E-state index in [2.05, 4.69) is 10.3 Å². The van der Waals surface area contributed by atoms with Crippen molar-refractivity contribution >= 4 is 32.5 Å². The molecule has 0 aliphatic rings. The van der Waals surface area contributed by atoms with Crippen molar-refractivity contribution in [3.8, 4) is 5.75 Å². The number of hydrogen-bond donors (Lipinski definition) is 1. The Morgan fingerprint density at radius 2 is 1.89 bits per heavy atom. The lowest BCUT2D eigenvalue weighted by Gasteiger charge is -2.11. The van der Waals surface area contributed by atoms with E-state index in [4.69, 9.17) is 4.74 Å². The van der Waals surface area contributed by atoms with E-state index >= 15 is 0 Å². The average Bonchev–Trinajstić information content (AvgIpc) is 2.63. The van der Waals surface area contributed by atoms with Gasteiger partial charge in [0.1, 0.15) is 12.3 Å². The highest BCUT2D eigenvalue weighted by atomic mass is 32.2. The molecule has 9 heteroatoms. The lowest BCUT2D eigenvalue weighted by Crippen LogP contribution is -2.28. The second kappa shape index (κ2) is 7.20. The van der Waals surface area contributed by atoms with Crippen LogP contribution in [-0.2, 0) is 21.2 Å². The van der Waals surface area contributed by atoms with Crippen molar-refractivity contribution in [2.45, 2.75) is 11.4 Å². The highest BCUT2D eigenvalue weighted by Crippen LogP contribution is 2.18.